The Hall–Kier alpha value is -1.00. The molecule has 0 atom stereocenters. The van der Waals surface area contributed by atoms with E-state index in [0.29, 0.717) is 16.4 Å². The van der Waals surface area contributed by atoms with Crippen molar-refractivity contribution in [3.8, 4) is 0 Å². The Morgan fingerprint density at radius 3 is 2.75 bits per heavy atom. The van der Waals surface area contributed by atoms with E-state index in [-0.39, 0.29) is 5.11 Å². The molecule has 0 aliphatic carbocycles. The Morgan fingerprint density at radius 1 is 1.50 bits per heavy atom. The van der Waals surface area contributed by atoms with Crippen molar-refractivity contribution >= 4 is 40.3 Å². The SMILES string of the molecule is NC(=S)Nc1cc(N)ccc1Cl. The largest absolute Gasteiger partial charge is 0.399 e. The molecule has 0 heterocycles. The lowest BCUT2D eigenvalue weighted by Crippen LogP contribution is -2.19. The van der Waals surface area contributed by atoms with Gasteiger partial charge in [0.1, 0.15) is 0 Å². The van der Waals surface area contributed by atoms with Crippen molar-refractivity contribution in [2.24, 2.45) is 5.73 Å². The van der Waals surface area contributed by atoms with Gasteiger partial charge in [0.2, 0.25) is 0 Å². The molecule has 1 aromatic carbocycles. The quantitative estimate of drug-likeness (QED) is 0.477. The predicted octanol–water partition coefficient (Wildman–Crippen LogP) is 1.58. The number of benzene rings is 1. The van der Waals surface area contributed by atoms with Gasteiger partial charge in [0, 0.05) is 5.69 Å². The van der Waals surface area contributed by atoms with Gasteiger partial charge in [-0.3, -0.25) is 0 Å². The molecule has 0 spiro atoms. The maximum Gasteiger partial charge on any atom is 0.168 e. The molecule has 12 heavy (non-hydrogen) atoms. The molecule has 0 fully saturated rings. The van der Waals surface area contributed by atoms with Crippen molar-refractivity contribution < 1.29 is 0 Å². The molecule has 0 radical (unpaired) electrons. The molecule has 5 N–H and O–H groups in total. The lowest BCUT2D eigenvalue weighted by Gasteiger charge is -2.06. The van der Waals surface area contributed by atoms with Crippen LogP contribution in [0.5, 0.6) is 0 Å². The molecule has 0 aliphatic heterocycles. The number of thiocarbonyl (C=S) groups is 1. The summed E-state index contributed by atoms with van der Waals surface area (Å²) in [5, 5.41) is 3.42. The molecule has 0 aromatic heterocycles. The molecule has 0 saturated heterocycles. The monoisotopic (exact) mass is 201 g/mol. The highest BCUT2D eigenvalue weighted by Crippen LogP contribution is 2.23. The van der Waals surface area contributed by atoms with Crippen molar-refractivity contribution in [1.82, 2.24) is 0 Å². The first-order chi connectivity index (χ1) is 5.59. The molecule has 0 unspecified atom stereocenters. The molecule has 0 aliphatic rings. The highest BCUT2D eigenvalue weighted by Gasteiger charge is 1.99. The number of nitrogens with one attached hydrogen (secondary N) is 1. The maximum absolute atomic E-state index is 5.81. The number of anilines is 2. The summed E-state index contributed by atoms with van der Waals surface area (Å²) >= 11 is 10.5. The van der Waals surface area contributed by atoms with E-state index in [1.807, 2.05) is 0 Å². The fourth-order valence-electron chi connectivity index (χ4n) is 0.771. The lowest BCUT2D eigenvalue weighted by atomic mass is 10.3. The second-order valence-electron chi connectivity index (χ2n) is 2.23. The third kappa shape index (κ3) is 2.25. The van der Waals surface area contributed by atoms with E-state index in [1.165, 1.54) is 0 Å². The van der Waals surface area contributed by atoms with Crippen molar-refractivity contribution in [3.63, 3.8) is 0 Å². The molecule has 1 aromatic rings. The van der Waals surface area contributed by atoms with Crippen LogP contribution in [0.25, 0.3) is 0 Å². The first kappa shape index (κ1) is 9.09. The van der Waals surface area contributed by atoms with Crippen LogP contribution in [0.15, 0.2) is 18.2 Å². The van der Waals surface area contributed by atoms with E-state index < -0.39 is 0 Å². The Kier molecular flexibility index (Phi) is 2.73. The van der Waals surface area contributed by atoms with Crippen LogP contribution in [-0.2, 0) is 0 Å². The standard InChI is InChI=1S/C7H8ClN3S/c8-5-2-1-4(9)3-6(5)11-7(10)12/h1-3H,9H2,(H3,10,11,12). The van der Waals surface area contributed by atoms with Crippen molar-refractivity contribution in [2.45, 2.75) is 0 Å². The lowest BCUT2D eigenvalue weighted by molar-refractivity contribution is 1.60. The average Bonchev–Trinajstić information content (AvgIpc) is 1.96. The number of rotatable bonds is 1. The number of nitrogen functional groups attached to an aromatic ring is 1. The topological polar surface area (TPSA) is 64.1 Å². The summed E-state index contributed by atoms with van der Waals surface area (Å²) in [6, 6.07) is 5.05. The van der Waals surface area contributed by atoms with Gasteiger partial charge in [-0.15, -0.1) is 0 Å². The highest BCUT2D eigenvalue weighted by atomic mass is 35.5. The third-order valence-corrected chi connectivity index (χ3v) is 1.68. The van der Waals surface area contributed by atoms with Crippen LogP contribution in [0, 0.1) is 0 Å². The molecule has 0 bridgehead atoms. The average molecular weight is 202 g/mol. The minimum absolute atomic E-state index is 0.169. The van der Waals surface area contributed by atoms with Crippen LogP contribution in [0.1, 0.15) is 0 Å². The number of hydrogen-bond acceptors (Lipinski definition) is 2. The van der Waals surface area contributed by atoms with Crippen LogP contribution >= 0.6 is 23.8 Å². The summed E-state index contributed by atoms with van der Waals surface area (Å²) in [6.07, 6.45) is 0. The second kappa shape index (κ2) is 3.60. The van der Waals surface area contributed by atoms with E-state index in [4.69, 9.17) is 23.1 Å². The fourth-order valence-corrected chi connectivity index (χ4v) is 1.05. The highest BCUT2D eigenvalue weighted by molar-refractivity contribution is 7.80. The van der Waals surface area contributed by atoms with Gasteiger partial charge in [0.05, 0.1) is 10.7 Å². The van der Waals surface area contributed by atoms with Gasteiger partial charge in [-0.25, -0.2) is 0 Å². The predicted molar refractivity (Wildman–Crippen MR) is 56.3 cm³/mol. The Labute approximate surface area is 80.7 Å². The summed E-state index contributed by atoms with van der Waals surface area (Å²) < 4.78 is 0. The molecule has 0 saturated carbocycles. The van der Waals surface area contributed by atoms with Crippen LogP contribution in [0.3, 0.4) is 0 Å². The van der Waals surface area contributed by atoms with E-state index in [2.05, 4.69) is 17.5 Å². The zero-order valence-corrected chi connectivity index (χ0v) is 7.75. The van der Waals surface area contributed by atoms with E-state index in [0.717, 1.165) is 0 Å². The Bertz CT molecular complexity index is 314. The summed E-state index contributed by atoms with van der Waals surface area (Å²) in [4.78, 5) is 0. The number of halogens is 1. The smallest absolute Gasteiger partial charge is 0.168 e. The first-order valence-corrected chi connectivity index (χ1v) is 3.99. The van der Waals surface area contributed by atoms with Gasteiger partial charge < -0.3 is 16.8 Å². The summed E-state index contributed by atoms with van der Waals surface area (Å²) in [5.41, 5.74) is 12.0. The zero-order valence-electron chi connectivity index (χ0n) is 6.17. The van der Waals surface area contributed by atoms with Crippen molar-refractivity contribution in [1.29, 1.82) is 0 Å². The van der Waals surface area contributed by atoms with E-state index in [9.17, 15) is 0 Å². The van der Waals surface area contributed by atoms with Crippen LogP contribution in [0.4, 0.5) is 11.4 Å². The molecular formula is C7H8ClN3S. The molecule has 3 nitrogen and oxygen atoms in total. The van der Waals surface area contributed by atoms with Gasteiger partial charge in [-0.05, 0) is 30.4 Å². The second-order valence-corrected chi connectivity index (χ2v) is 3.08. The molecule has 5 heteroatoms. The zero-order chi connectivity index (χ0) is 9.14. The molecule has 1 rings (SSSR count). The van der Waals surface area contributed by atoms with Gasteiger partial charge in [-0.1, -0.05) is 11.6 Å². The Balaban J connectivity index is 2.97. The van der Waals surface area contributed by atoms with Crippen LogP contribution in [-0.4, -0.2) is 5.11 Å². The minimum atomic E-state index is 0.169. The molecular weight excluding hydrogens is 194 g/mol. The van der Waals surface area contributed by atoms with Gasteiger partial charge >= 0.3 is 0 Å². The first-order valence-electron chi connectivity index (χ1n) is 3.21. The summed E-state index contributed by atoms with van der Waals surface area (Å²) in [5.74, 6) is 0. The van der Waals surface area contributed by atoms with E-state index in [1.54, 1.807) is 18.2 Å². The van der Waals surface area contributed by atoms with Gasteiger partial charge in [0.25, 0.3) is 0 Å². The maximum atomic E-state index is 5.81. The molecule has 0 amide bonds. The fraction of sp³-hybridized carbons (Fsp3) is 0. The van der Waals surface area contributed by atoms with Gasteiger partial charge in [0.15, 0.2) is 5.11 Å². The van der Waals surface area contributed by atoms with Crippen LogP contribution < -0.4 is 16.8 Å². The molecule has 64 valence electrons. The summed E-state index contributed by atoms with van der Waals surface area (Å²) in [7, 11) is 0. The van der Waals surface area contributed by atoms with E-state index >= 15 is 0 Å². The third-order valence-electron chi connectivity index (χ3n) is 1.25. The Morgan fingerprint density at radius 2 is 2.17 bits per heavy atom. The number of nitrogens with two attached hydrogens (primary N) is 2. The normalized spacial score (nSPS) is 9.42. The number of hydrogen-bond donors (Lipinski definition) is 3. The van der Waals surface area contributed by atoms with Gasteiger partial charge in [-0.2, -0.15) is 0 Å². The summed E-state index contributed by atoms with van der Waals surface area (Å²) in [6.45, 7) is 0. The van der Waals surface area contributed by atoms with Crippen molar-refractivity contribution in [2.75, 3.05) is 11.1 Å². The minimum Gasteiger partial charge on any atom is -0.399 e. The van der Waals surface area contributed by atoms with Crippen molar-refractivity contribution in [3.05, 3.63) is 23.2 Å². The van der Waals surface area contributed by atoms with Crippen LogP contribution in [0.2, 0.25) is 5.02 Å².